The van der Waals surface area contributed by atoms with E-state index in [1.54, 1.807) is 24.9 Å². The van der Waals surface area contributed by atoms with E-state index in [4.69, 9.17) is 10.2 Å². The standard InChI is InChI=1S/C11H12N2O/c12-11(10-3-6-14-8-10)7-9-1-4-13-5-2-9/h1-6,8,11H,7,12H2. The minimum Gasteiger partial charge on any atom is -0.472 e. The number of aromatic nitrogens is 1. The molecule has 1 unspecified atom stereocenters. The molecule has 0 bridgehead atoms. The van der Waals surface area contributed by atoms with Gasteiger partial charge >= 0.3 is 0 Å². The van der Waals surface area contributed by atoms with Crippen LogP contribution in [0.15, 0.2) is 47.5 Å². The second kappa shape index (κ2) is 4.07. The predicted octanol–water partition coefficient (Wildman–Crippen LogP) is 1.92. The van der Waals surface area contributed by atoms with Crippen molar-refractivity contribution in [2.24, 2.45) is 5.73 Å². The van der Waals surface area contributed by atoms with Gasteiger partial charge in [0, 0.05) is 24.0 Å². The molecule has 14 heavy (non-hydrogen) atoms. The van der Waals surface area contributed by atoms with Crippen molar-refractivity contribution in [3.05, 3.63) is 54.2 Å². The molecule has 0 aromatic carbocycles. The van der Waals surface area contributed by atoms with Gasteiger partial charge in [-0.3, -0.25) is 4.98 Å². The van der Waals surface area contributed by atoms with Crippen LogP contribution in [0.1, 0.15) is 17.2 Å². The third-order valence-electron chi connectivity index (χ3n) is 2.18. The lowest BCUT2D eigenvalue weighted by atomic mass is 10.0. The van der Waals surface area contributed by atoms with E-state index in [-0.39, 0.29) is 6.04 Å². The topological polar surface area (TPSA) is 52.0 Å². The Hall–Kier alpha value is -1.61. The predicted molar refractivity (Wildman–Crippen MR) is 53.6 cm³/mol. The Morgan fingerprint density at radius 2 is 2.07 bits per heavy atom. The van der Waals surface area contributed by atoms with E-state index in [1.165, 1.54) is 5.56 Å². The Morgan fingerprint density at radius 3 is 2.71 bits per heavy atom. The highest BCUT2D eigenvalue weighted by atomic mass is 16.3. The van der Waals surface area contributed by atoms with Crippen LogP contribution in [0.5, 0.6) is 0 Å². The summed E-state index contributed by atoms with van der Waals surface area (Å²) < 4.78 is 4.98. The summed E-state index contributed by atoms with van der Waals surface area (Å²) in [6.07, 6.45) is 7.69. The highest BCUT2D eigenvalue weighted by molar-refractivity contribution is 5.17. The van der Waals surface area contributed by atoms with Gasteiger partial charge in [-0.2, -0.15) is 0 Å². The molecule has 0 amide bonds. The number of furan rings is 1. The molecular formula is C11H12N2O. The number of pyridine rings is 1. The van der Waals surface area contributed by atoms with Crippen LogP contribution in [-0.2, 0) is 6.42 Å². The van der Waals surface area contributed by atoms with Gasteiger partial charge < -0.3 is 10.2 Å². The van der Waals surface area contributed by atoms with Gasteiger partial charge in [-0.25, -0.2) is 0 Å². The van der Waals surface area contributed by atoms with Gasteiger partial charge in [0.15, 0.2) is 0 Å². The summed E-state index contributed by atoms with van der Waals surface area (Å²) in [5, 5.41) is 0. The Balaban J connectivity index is 2.06. The molecule has 0 saturated heterocycles. The molecule has 2 rings (SSSR count). The molecule has 0 aliphatic rings. The molecular weight excluding hydrogens is 176 g/mol. The lowest BCUT2D eigenvalue weighted by Crippen LogP contribution is -2.12. The van der Waals surface area contributed by atoms with Gasteiger partial charge in [-0.15, -0.1) is 0 Å². The number of nitrogens with two attached hydrogens (primary N) is 1. The van der Waals surface area contributed by atoms with E-state index < -0.39 is 0 Å². The van der Waals surface area contributed by atoms with Crippen molar-refractivity contribution in [2.45, 2.75) is 12.5 Å². The van der Waals surface area contributed by atoms with Crippen LogP contribution in [0, 0.1) is 0 Å². The Labute approximate surface area is 82.6 Å². The smallest absolute Gasteiger partial charge is 0.0950 e. The third-order valence-corrected chi connectivity index (χ3v) is 2.18. The number of hydrogen-bond donors (Lipinski definition) is 1. The molecule has 2 aromatic heterocycles. The molecule has 1 atom stereocenters. The van der Waals surface area contributed by atoms with Gasteiger partial charge in [-0.1, -0.05) is 0 Å². The van der Waals surface area contributed by atoms with Gasteiger partial charge in [0.1, 0.15) is 0 Å². The Bertz CT molecular complexity index is 369. The SMILES string of the molecule is NC(Cc1ccncc1)c1ccoc1. The van der Waals surface area contributed by atoms with Crippen molar-refractivity contribution in [2.75, 3.05) is 0 Å². The molecule has 3 nitrogen and oxygen atoms in total. The zero-order valence-electron chi connectivity index (χ0n) is 7.76. The van der Waals surface area contributed by atoms with Crippen molar-refractivity contribution in [1.82, 2.24) is 4.98 Å². The molecule has 2 heterocycles. The Morgan fingerprint density at radius 1 is 1.29 bits per heavy atom. The first-order valence-corrected chi connectivity index (χ1v) is 4.53. The van der Waals surface area contributed by atoms with E-state index in [2.05, 4.69) is 4.98 Å². The fraction of sp³-hybridized carbons (Fsp3) is 0.182. The van der Waals surface area contributed by atoms with E-state index in [9.17, 15) is 0 Å². The van der Waals surface area contributed by atoms with Crippen LogP contribution in [0.3, 0.4) is 0 Å². The summed E-state index contributed by atoms with van der Waals surface area (Å²) in [5.74, 6) is 0. The average molecular weight is 188 g/mol. The second-order valence-corrected chi connectivity index (χ2v) is 3.22. The molecule has 2 aromatic rings. The summed E-state index contributed by atoms with van der Waals surface area (Å²) in [5.41, 5.74) is 8.21. The van der Waals surface area contributed by atoms with E-state index >= 15 is 0 Å². The molecule has 0 saturated carbocycles. The van der Waals surface area contributed by atoms with Gasteiger partial charge in [0.25, 0.3) is 0 Å². The van der Waals surface area contributed by atoms with Crippen LogP contribution >= 0.6 is 0 Å². The summed E-state index contributed by atoms with van der Waals surface area (Å²) >= 11 is 0. The van der Waals surface area contributed by atoms with Crippen molar-refractivity contribution in [3.63, 3.8) is 0 Å². The maximum absolute atomic E-state index is 5.99. The van der Waals surface area contributed by atoms with Crippen LogP contribution in [0.25, 0.3) is 0 Å². The van der Waals surface area contributed by atoms with E-state index in [0.717, 1.165) is 12.0 Å². The number of nitrogens with zero attached hydrogens (tertiary/aromatic N) is 1. The van der Waals surface area contributed by atoms with Crippen LogP contribution in [0.2, 0.25) is 0 Å². The fourth-order valence-corrected chi connectivity index (χ4v) is 1.38. The zero-order chi connectivity index (χ0) is 9.80. The lowest BCUT2D eigenvalue weighted by Gasteiger charge is -2.08. The maximum Gasteiger partial charge on any atom is 0.0950 e. The largest absolute Gasteiger partial charge is 0.472 e. The molecule has 0 aliphatic heterocycles. The summed E-state index contributed by atoms with van der Waals surface area (Å²) in [6.45, 7) is 0. The van der Waals surface area contributed by atoms with Crippen LogP contribution in [0.4, 0.5) is 0 Å². The van der Waals surface area contributed by atoms with Crippen LogP contribution in [-0.4, -0.2) is 4.98 Å². The summed E-state index contributed by atoms with van der Waals surface area (Å²) in [7, 11) is 0. The van der Waals surface area contributed by atoms with E-state index in [0.29, 0.717) is 0 Å². The molecule has 3 heteroatoms. The first kappa shape index (κ1) is 8.97. The first-order chi connectivity index (χ1) is 6.86. The first-order valence-electron chi connectivity index (χ1n) is 4.53. The molecule has 0 radical (unpaired) electrons. The molecule has 2 N–H and O–H groups in total. The molecule has 0 spiro atoms. The minimum absolute atomic E-state index is 0.00356. The maximum atomic E-state index is 5.99. The van der Waals surface area contributed by atoms with Gasteiger partial charge in [0.05, 0.1) is 12.5 Å². The van der Waals surface area contributed by atoms with Crippen molar-refractivity contribution >= 4 is 0 Å². The van der Waals surface area contributed by atoms with Gasteiger partial charge in [-0.05, 0) is 30.2 Å². The summed E-state index contributed by atoms with van der Waals surface area (Å²) in [4.78, 5) is 3.96. The van der Waals surface area contributed by atoms with Crippen molar-refractivity contribution in [3.8, 4) is 0 Å². The zero-order valence-corrected chi connectivity index (χ0v) is 7.76. The fourth-order valence-electron chi connectivity index (χ4n) is 1.38. The Kier molecular flexibility index (Phi) is 2.60. The molecule has 0 aliphatic carbocycles. The molecule has 0 fully saturated rings. The number of hydrogen-bond acceptors (Lipinski definition) is 3. The minimum atomic E-state index is -0.00356. The highest BCUT2D eigenvalue weighted by Gasteiger charge is 2.07. The lowest BCUT2D eigenvalue weighted by molar-refractivity contribution is 0.558. The summed E-state index contributed by atoms with van der Waals surface area (Å²) in [6, 6.07) is 5.84. The molecule has 72 valence electrons. The monoisotopic (exact) mass is 188 g/mol. The normalized spacial score (nSPS) is 12.6. The van der Waals surface area contributed by atoms with E-state index in [1.807, 2.05) is 18.2 Å². The van der Waals surface area contributed by atoms with Crippen molar-refractivity contribution < 1.29 is 4.42 Å². The second-order valence-electron chi connectivity index (χ2n) is 3.22. The average Bonchev–Trinajstić information content (AvgIpc) is 2.72. The quantitative estimate of drug-likeness (QED) is 0.800. The van der Waals surface area contributed by atoms with Gasteiger partial charge in [0.2, 0.25) is 0 Å². The van der Waals surface area contributed by atoms with Crippen LogP contribution < -0.4 is 5.73 Å². The third kappa shape index (κ3) is 2.00. The van der Waals surface area contributed by atoms with Crippen molar-refractivity contribution in [1.29, 1.82) is 0 Å². The highest BCUT2D eigenvalue weighted by Crippen LogP contribution is 2.15. The number of rotatable bonds is 3.